The van der Waals surface area contributed by atoms with E-state index in [1.54, 1.807) is 12.3 Å². The molecule has 1 heterocycles. The van der Waals surface area contributed by atoms with E-state index < -0.39 is 0 Å². The number of carbonyl (C=O) groups is 1. The fourth-order valence-corrected chi connectivity index (χ4v) is 2.05. The van der Waals surface area contributed by atoms with Gasteiger partial charge in [-0.25, -0.2) is 4.79 Å². The number of hydrogen-bond donors (Lipinski definition) is 0. The molecule has 0 radical (unpaired) electrons. The average molecular weight is 287 g/mol. The number of nitrogens with zero attached hydrogens (tertiary/aromatic N) is 1. The first-order valence-corrected chi connectivity index (χ1v) is 7.08. The number of aromatic nitrogens is 1. The number of esters is 1. The summed E-state index contributed by atoms with van der Waals surface area (Å²) in [4.78, 5) is 11.4. The van der Waals surface area contributed by atoms with E-state index in [-0.39, 0.29) is 12.1 Å². The molecule has 2 rings (SSSR count). The third-order valence-electron chi connectivity index (χ3n) is 3.34. The van der Waals surface area contributed by atoms with Gasteiger partial charge in [0.1, 0.15) is 0 Å². The van der Waals surface area contributed by atoms with Crippen molar-refractivity contribution < 1.29 is 14.3 Å². The van der Waals surface area contributed by atoms with Crippen molar-refractivity contribution in [2.45, 2.75) is 32.6 Å². The summed E-state index contributed by atoms with van der Waals surface area (Å²) < 4.78 is 12.5. The monoisotopic (exact) mass is 287 g/mol. The fraction of sp³-hybridized carbons (Fsp3) is 0.353. The number of ether oxygens (including phenoxy) is 2. The third kappa shape index (κ3) is 4.76. The van der Waals surface area contributed by atoms with E-state index in [9.17, 15) is 4.79 Å². The lowest BCUT2D eigenvalue weighted by molar-refractivity contribution is 0.0448. The first-order chi connectivity index (χ1) is 10.2. The van der Waals surface area contributed by atoms with Crippen LogP contribution in [0, 0.1) is 0 Å². The van der Waals surface area contributed by atoms with E-state index >= 15 is 0 Å². The minimum Gasteiger partial charge on any atom is -0.465 e. The molecule has 1 aromatic carbocycles. The molecule has 0 aliphatic heterocycles. The van der Waals surface area contributed by atoms with Crippen LogP contribution in [-0.2, 0) is 22.6 Å². The lowest BCUT2D eigenvalue weighted by Gasteiger charge is -2.13. The molecule has 0 saturated heterocycles. The number of hydrogen-bond acceptors (Lipinski definition) is 3. The van der Waals surface area contributed by atoms with E-state index in [1.807, 2.05) is 29.0 Å². The first kappa shape index (κ1) is 15.3. The van der Waals surface area contributed by atoms with E-state index in [0.29, 0.717) is 12.2 Å². The van der Waals surface area contributed by atoms with Crippen LogP contribution in [0.15, 0.2) is 48.8 Å². The van der Waals surface area contributed by atoms with Gasteiger partial charge >= 0.3 is 5.97 Å². The molecule has 1 unspecified atom stereocenters. The molecule has 0 amide bonds. The normalized spacial score (nSPS) is 12.1. The molecule has 0 aliphatic carbocycles. The molecule has 0 saturated carbocycles. The van der Waals surface area contributed by atoms with Crippen LogP contribution in [0.2, 0.25) is 0 Å². The Hall–Kier alpha value is -2.07. The standard InChI is InChI=1S/C17H21NO3/c1-14(21-13-15-6-4-3-5-7-15)8-10-18-11-9-16(12-18)17(19)20-2/h3-7,9,11-12,14H,8,10,13H2,1-2H3. The fourth-order valence-electron chi connectivity index (χ4n) is 2.05. The summed E-state index contributed by atoms with van der Waals surface area (Å²) in [6.07, 6.45) is 4.74. The van der Waals surface area contributed by atoms with Crippen LogP contribution in [0.5, 0.6) is 0 Å². The number of benzene rings is 1. The molecule has 2 aromatic rings. The van der Waals surface area contributed by atoms with E-state index in [2.05, 4.69) is 23.8 Å². The smallest absolute Gasteiger partial charge is 0.339 e. The lowest BCUT2D eigenvalue weighted by Crippen LogP contribution is -2.11. The second kappa shape index (κ2) is 7.64. The molecule has 21 heavy (non-hydrogen) atoms. The molecular weight excluding hydrogens is 266 g/mol. The molecule has 0 aliphatic rings. The van der Waals surface area contributed by atoms with Crippen LogP contribution in [0.25, 0.3) is 0 Å². The average Bonchev–Trinajstić information content (AvgIpc) is 3.00. The second-order valence-electron chi connectivity index (χ2n) is 5.03. The maximum Gasteiger partial charge on any atom is 0.339 e. The first-order valence-electron chi connectivity index (χ1n) is 7.08. The molecule has 0 spiro atoms. The maximum atomic E-state index is 11.4. The molecule has 1 aromatic heterocycles. The Morgan fingerprint density at radius 3 is 2.71 bits per heavy atom. The summed E-state index contributed by atoms with van der Waals surface area (Å²) in [5.41, 5.74) is 1.76. The number of methoxy groups -OCH3 is 1. The predicted molar refractivity (Wildman–Crippen MR) is 81.1 cm³/mol. The minimum atomic E-state index is -0.304. The quantitative estimate of drug-likeness (QED) is 0.734. The van der Waals surface area contributed by atoms with Crippen molar-refractivity contribution in [2.24, 2.45) is 0 Å². The van der Waals surface area contributed by atoms with Crippen molar-refractivity contribution in [1.29, 1.82) is 0 Å². The second-order valence-corrected chi connectivity index (χ2v) is 5.03. The molecule has 4 nitrogen and oxygen atoms in total. The molecule has 0 fully saturated rings. The van der Waals surface area contributed by atoms with Crippen molar-refractivity contribution in [3.8, 4) is 0 Å². The Morgan fingerprint density at radius 1 is 1.24 bits per heavy atom. The zero-order valence-corrected chi connectivity index (χ0v) is 12.5. The van der Waals surface area contributed by atoms with Gasteiger partial charge in [-0.3, -0.25) is 0 Å². The van der Waals surface area contributed by atoms with Crippen LogP contribution in [-0.4, -0.2) is 23.8 Å². The molecule has 0 N–H and O–H groups in total. The molecular formula is C17H21NO3. The van der Waals surface area contributed by atoms with Crippen LogP contribution < -0.4 is 0 Å². The Labute approximate surface area is 125 Å². The highest BCUT2D eigenvalue weighted by molar-refractivity contribution is 5.89. The summed E-state index contributed by atoms with van der Waals surface area (Å²) in [5.74, 6) is -0.304. The minimum absolute atomic E-state index is 0.161. The summed E-state index contributed by atoms with van der Waals surface area (Å²) in [5, 5.41) is 0. The Kier molecular flexibility index (Phi) is 5.58. The van der Waals surface area contributed by atoms with Gasteiger partial charge in [0.2, 0.25) is 0 Å². The highest BCUT2D eigenvalue weighted by Crippen LogP contribution is 2.09. The largest absolute Gasteiger partial charge is 0.465 e. The van der Waals surface area contributed by atoms with Crippen LogP contribution in [0.4, 0.5) is 0 Å². The van der Waals surface area contributed by atoms with E-state index in [4.69, 9.17) is 4.74 Å². The number of rotatable bonds is 7. The molecule has 4 heteroatoms. The van der Waals surface area contributed by atoms with Gasteiger partial charge in [0.05, 0.1) is 25.4 Å². The summed E-state index contributed by atoms with van der Waals surface area (Å²) in [7, 11) is 1.39. The topological polar surface area (TPSA) is 40.5 Å². The predicted octanol–water partition coefficient (Wildman–Crippen LogP) is 3.27. The Balaban J connectivity index is 1.75. The van der Waals surface area contributed by atoms with Gasteiger partial charge in [0.15, 0.2) is 0 Å². The summed E-state index contributed by atoms with van der Waals surface area (Å²) in [6.45, 7) is 3.50. The van der Waals surface area contributed by atoms with Crippen molar-refractivity contribution in [3.63, 3.8) is 0 Å². The zero-order chi connectivity index (χ0) is 15.1. The van der Waals surface area contributed by atoms with Crippen LogP contribution in [0.3, 0.4) is 0 Å². The van der Waals surface area contributed by atoms with Gasteiger partial charge in [-0.2, -0.15) is 0 Å². The van der Waals surface area contributed by atoms with Crippen LogP contribution in [0.1, 0.15) is 29.3 Å². The third-order valence-corrected chi connectivity index (χ3v) is 3.34. The van der Waals surface area contributed by atoms with E-state index in [1.165, 1.54) is 12.7 Å². The van der Waals surface area contributed by atoms with Gasteiger partial charge in [-0.05, 0) is 25.0 Å². The van der Waals surface area contributed by atoms with Crippen molar-refractivity contribution in [3.05, 3.63) is 59.9 Å². The zero-order valence-electron chi connectivity index (χ0n) is 12.5. The highest BCUT2D eigenvalue weighted by Gasteiger charge is 2.08. The van der Waals surface area contributed by atoms with Crippen molar-refractivity contribution in [1.82, 2.24) is 4.57 Å². The van der Waals surface area contributed by atoms with Crippen LogP contribution >= 0.6 is 0 Å². The van der Waals surface area contributed by atoms with Gasteiger partial charge in [0.25, 0.3) is 0 Å². The summed E-state index contributed by atoms with van der Waals surface area (Å²) >= 11 is 0. The number of aryl methyl sites for hydroxylation is 1. The van der Waals surface area contributed by atoms with E-state index in [0.717, 1.165) is 13.0 Å². The Bertz CT molecular complexity index is 562. The maximum absolute atomic E-state index is 11.4. The lowest BCUT2D eigenvalue weighted by atomic mass is 10.2. The van der Waals surface area contributed by atoms with Gasteiger partial charge in [0, 0.05) is 18.9 Å². The molecule has 1 atom stereocenters. The Morgan fingerprint density at radius 2 is 2.00 bits per heavy atom. The van der Waals surface area contributed by atoms with Gasteiger partial charge in [-0.1, -0.05) is 30.3 Å². The van der Waals surface area contributed by atoms with Crippen molar-refractivity contribution in [2.75, 3.05) is 7.11 Å². The summed E-state index contributed by atoms with van der Waals surface area (Å²) in [6, 6.07) is 11.9. The highest BCUT2D eigenvalue weighted by atomic mass is 16.5. The molecule has 0 bridgehead atoms. The SMILES string of the molecule is COC(=O)c1ccn(CCC(C)OCc2ccccc2)c1. The molecule has 112 valence electrons. The number of carbonyl (C=O) groups excluding carboxylic acids is 1. The van der Waals surface area contributed by atoms with Gasteiger partial charge < -0.3 is 14.0 Å². The van der Waals surface area contributed by atoms with Crippen molar-refractivity contribution >= 4 is 5.97 Å². The van der Waals surface area contributed by atoms with Gasteiger partial charge in [-0.15, -0.1) is 0 Å².